The third-order valence-corrected chi connectivity index (χ3v) is 3.57. The first-order valence-electron chi connectivity index (χ1n) is 8.03. The van der Waals surface area contributed by atoms with E-state index in [4.69, 9.17) is 4.74 Å². The van der Waals surface area contributed by atoms with Gasteiger partial charge in [-0.1, -0.05) is 67.5 Å². The Kier molecular flexibility index (Phi) is 5.86. The molecule has 0 aliphatic heterocycles. The largest absolute Gasteiger partial charge is 0.492 e. The van der Waals surface area contributed by atoms with Crippen LogP contribution in [-0.4, -0.2) is 19.2 Å². The third-order valence-electron chi connectivity index (χ3n) is 3.57. The minimum absolute atomic E-state index is 0.0854. The van der Waals surface area contributed by atoms with Gasteiger partial charge in [-0.05, 0) is 28.0 Å². The molecular formula is C19H33NO. The van der Waals surface area contributed by atoms with Gasteiger partial charge in [0.15, 0.2) is 0 Å². The summed E-state index contributed by atoms with van der Waals surface area (Å²) in [6.45, 7) is 19.4. The van der Waals surface area contributed by atoms with Crippen LogP contribution in [0.25, 0.3) is 0 Å². The van der Waals surface area contributed by atoms with E-state index in [9.17, 15) is 0 Å². The van der Waals surface area contributed by atoms with E-state index in [0.29, 0.717) is 12.6 Å². The summed E-state index contributed by atoms with van der Waals surface area (Å²) in [5.74, 6) is 1.01. The lowest BCUT2D eigenvalue weighted by Crippen LogP contribution is -2.28. The van der Waals surface area contributed by atoms with E-state index in [1.54, 1.807) is 0 Å². The predicted molar refractivity (Wildman–Crippen MR) is 92.5 cm³/mol. The summed E-state index contributed by atoms with van der Waals surface area (Å²) in [5, 5.41) is 3.38. The maximum atomic E-state index is 6.02. The number of benzene rings is 1. The van der Waals surface area contributed by atoms with Crippen molar-refractivity contribution in [1.29, 1.82) is 0 Å². The van der Waals surface area contributed by atoms with Crippen LogP contribution in [0.2, 0.25) is 0 Å². The predicted octanol–water partition coefficient (Wildman–Crippen LogP) is 4.66. The highest BCUT2D eigenvalue weighted by molar-refractivity contribution is 5.43. The average Bonchev–Trinajstić information content (AvgIpc) is 2.32. The molecule has 1 aromatic rings. The van der Waals surface area contributed by atoms with Crippen LogP contribution in [0.5, 0.6) is 5.75 Å². The van der Waals surface area contributed by atoms with Gasteiger partial charge in [-0.2, -0.15) is 0 Å². The van der Waals surface area contributed by atoms with Gasteiger partial charge in [-0.3, -0.25) is 0 Å². The van der Waals surface area contributed by atoms with E-state index in [2.05, 4.69) is 78.9 Å². The van der Waals surface area contributed by atoms with Gasteiger partial charge in [0.05, 0.1) is 0 Å². The average molecular weight is 291 g/mol. The molecule has 0 fully saturated rings. The van der Waals surface area contributed by atoms with Crippen LogP contribution in [0.4, 0.5) is 0 Å². The molecule has 0 aliphatic carbocycles. The van der Waals surface area contributed by atoms with Gasteiger partial charge in [-0.15, -0.1) is 0 Å². The second-order valence-electron chi connectivity index (χ2n) is 8.17. The van der Waals surface area contributed by atoms with E-state index in [1.165, 1.54) is 11.1 Å². The van der Waals surface area contributed by atoms with Gasteiger partial charge >= 0.3 is 0 Å². The first-order chi connectivity index (χ1) is 9.51. The normalized spacial score (nSPS) is 12.8. The highest BCUT2D eigenvalue weighted by Gasteiger charge is 2.22. The Morgan fingerprint density at radius 1 is 1.00 bits per heavy atom. The maximum absolute atomic E-state index is 6.02. The summed E-state index contributed by atoms with van der Waals surface area (Å²) in [6, 6.07) is 7.14. The first-order valence-corrected chi connectivity index (χ1v) is 8.03. The second kappa shape index (κ2) is 6.83. The van der Waals surface area contributed by atoms with Gasteiger partial charge in [-0.25, -0.2) is 0 Å². The van der Waals surface area contributed by atoms with E-state index in [-0.39, 0.29) is 10.8 Å². The molecule has 0 heterocycles. The summed E-state index contributed by atoms with van der Waals surface area (Å²) < 4.78 is 6.02. The summed E-state index contributed by atoms with van der Waals surface area (Å²) >= 11 is 0. The number of hydrogen-bond acceptors (Lipinski definition) is 2. The highest BCUT2D eigenvalue weighted by atomic mass is 16.5. The van der Waals surface area contributed by atoms with Crippen molar-refractivity contribution in [3.8, 4) is 5.75 Å². The Hall–Kier alpha value is -1.02. The zero-order valence-corrected chi connectivity index (χ0v) is 15.1. The minimum Gasteiger partial charge on any atom is -0.492 e. The lowest BCUT2D eigenvalue weighted by molar-refractivity contribution is 0.301. The molecule has 1 rings (SSSR count). The Morgan fingerprint density at radius 3 is 2.10 bits per heavy atom. The number of ether oxygens (including phenoxy) is 1. The van der Waals surface area contributed by atoms with Crippen LogP contribution in [0.1, 0.15) is 66.5 Å². The molecule has 21 heavy (non-hydrogen) atoms. The van der Waals surface area contributed by atoms with Gasteiger partial charge in [0.25, 0.3) is 0 Å². The van der Waals surface area contributed by atoms with E-state index >= 15 is 0 Å². The zero-order chi connectivity index (χ0) is 16.3. The van der Waals surface area contributed by atoms with Crippen LogP contribution in [0.3, 0.4) is 0 Å². The van der Waals surface area contributed by atoms with Crippen LogP contribution in [-0.2, 0) is 10.8 Å². The standard InChI is InChI=1S/C19H33NO/c1-14(2)20-11-12-21-17-10-9-15(18(3,4)5)13-16(17)19(6,7)8/h9-10,13-14,20H,11-12H2,1-8H3. The molecule has 1 aromatic carbocycles. The van der Waals surface area contributed by atoms with Crippen molar-refractivity contribution in [2.24, 2.45) is 0 Å². The zero-order valence-electron chi connectivity index (χ0n) is 15.1. The molecule has 2 nitrogen and oxygen atoms in total. The molecular weight excluding hydrogens is 258 g/mol. The van der Waals surface area contributed by atoms with Gasteiger partial charge in [0.2, 0.25) is 0 Å². The summed E-state index contributed by atoms with van der Waals surface area (Å²) in [7, 11) is 0. The minimum atomic E-state index is 0.0854. The molecule has 0 amide bonds. The smallest absolute Gasteiger partial charge is 0.123 e. The summed E-state index contributed by atoms with van der Waals surface area (Å²) in [5.41, 5.74) is 2.90. The lowest BCUT2D eigenvalue weighted by atomic mass is 9.80. The molecule has 0 unspecified atom stereocenters. The van der Waals surface area contributed by atoms with E-state index in [0.717, 1.165) is 12.3 Å². The fourth-order valence-corrected chi connectivity index (χ4v) is 2.22. The van der Waals surface area contributed by atoms with Gasteiger partial charge in [0.1, 0.15) is 12.4 Å². The lowest BCUT2D eigenvalue weighted by Gasteiger charge is -2.27. The molecule has 0 aliphatic rings. The van der Waals surface area contributed by atoms with Gasteiger partial charge in [0, 0.05) is 12.6 Å². The van der Waals surface area contributed by atoms with Crippen molar-refractivity contribution >= 4 is 0 Å². The summed E-state index contributed by atoms with van der Waals surface area (Å²) in [4.78, 5) is 0. The Balaban J connectivity index is 2.93. The van der Waals surface area contributed by atoms with Crippen molar-refractivity contribution in [2.45, 2.75) is 72.3 Å². The van der Waals surface area contributed by atoms with Crippen LogP contribution < -0.4 is 10.1 Å². The quantitative estimate of drug-likeness (QED) is 0.797. The molecule has 0 saturated heterocycles. The molecule has 120 valence electrons. The number of hydrogen-bond donors (Lipinski definition) is 1. The van der Waals surface area contributed by atoms with Crippen LogP contribution >= 0.6 is 0 Å². The van der Waals surface area contributed by atoms with Crippen molar-refractivity contribution in [3.05, 3.63) is 29.3 Å². The van der Waals surface area contributed by atoms with E-state index in [1.807, 2.05) is 0 Å². The molecule has 0 aromatic heterocycles. The Bertz CT molecular complexity index is 450. The molecule has 2 heteroatoms. The molecule has 0 bridgehead atoms. The van der Waals surface area contributed by atoms with Crippen LogP contribution in [0, 0.1) is 0 Å². The fourth-order valence-electron chi connectivity index (χ4n) is 2.22. The Morgan fingerprint density at radius 2 is 1.62 bits per heavy atom. The highest BCUT2D eigenvalue weighted by Crippen LogP contribution is 2.35. The second-order valence-corrected chi connectivity index (χ2v) is 8.17. The Labute approximate surface area is 131 Å². The first kappa shape index (κ1) is 18.0. The monoisotopic (exact) mass is 291 g/mol. The summed E-state index contributed by atoms with van der Waals surface area (Å²) in [6.07, 6.45) is 0. The van der Waals surface area contributed by atoms with Crippen molar-refractivity contribution in [2.75, 3.05) is 13.2 Å². The molecule has 0 spiro atoms. The maximum Gasteiger partial charge on any atom is 0.123 e. The van der Waals surface area contributed by atoms with Crippen molar-refractivity contribution < 1.29 is 4.74 Å². The number of nitrogens with one attached hydrogen (secondary N) is 1. The third kappa shape index (κ3) is 5.70. The van der Waals surface area contributed by atoms with Crippen molar-refractivity contribution in [1.82, 2.24) is 5.32 Å². The molecule has 1 N–H and O–H groups in total. The molecule has 0 radical (unpaired) electrons. The SMILES string of the molecule is CC(C)NCCOc1ccc(C(C)(C)C)cc1C(C)(C)C. The molecule has 0 saturated carbocycles. The van der Waals surface area contributed by atoms with Crippen molar-refractivity contribution in [3.63, 3.8) is 0 Å². The number of rotatable bonds is 5. The van der Waals surface area contributed by atoms with Gasteiger partial charge < -0.3 is 10.1 Å². The fraction of sp³-hybridized carbons (Fsp3) is 0.684. The topological polar surface area (TPSA) is 21.3 Å². The van der Waals surface area contributed by atoms with Crippen LogP contribution in [0.15, 0.2) is 18.2 Å². The molecule has 0 atom stereocenters. The van der Waals surface area contributed by atoms with E-state index < -0.39 is 0 Å².